The first-order valence-corrected chi connectivity index (χ1v) is 9.21. The summed E-state index contributed by atoms with van der Waals surface area (Å²) in [6.07, 6.45) is 3.14. The lowest BCUT2D eigenvalue weighted by Crippen LogP contribution is -2.44. The predicted octanol–water partition coefficient (Wildman–Crippen LogP) is 3.19. The van der Waals surface area contributed by atoms with Crippen molar-refractivity contribution in [1.82, 2.24) is 19.7 Å². The number of hydrogen-bond acceptors (Lipinski definition) is 5. The number of carbonyl (C=O) groups excluding carboxylic acids is 2. The van der Waals surface area contributed by atoms with E-state index in [9.17, 15) is 9.59 Å². The Bertz CT molecular complexity index is 774. The third-order valence-electron chi connectivity index (χ3n) is 4.17. The standard InChI is InChI=1S/C20H28N4O3/c1-13(2)19-16(11-22-24(19)17-9-7-8-10-21-17)20(26)27-12-18(25)23(14(3)4)15(5)6/h7-11,13-15H,12H2,1-6H3. The summed E-state index contributed by atoms with van der Waals surface area (Å²) in [6, 6.07) is 5.57. The maximum absolute atomic E-state index is 12.6. The highest BCUT2D eigenvalue weighted by Crippen LogP contribution is 2.23. The maximum atomic E-state index is 12.6. The average molecular weight is 372 g/mol. The normalized spacial score (nSPS) is 11.3. The fourth-order valence-corrected chi connectivity index (χ4v) is 3.18. The number of amides is 1. The van der Waals surface area contributed by atoms with Crippen molar-refractivity contribution in [2.24, 2.45) is 0 Å². The molecule has 146 valence electrons. The molecule has 2 rings (SSSR count). The molecule has 2 aromatic rings. The summed E-state index contributed by atoms with van der Waals surface area (Å²) in [5.74, 6) is -0.115. The fraction of sp³-hybridized carbons (Fsp3) is 0.500. The molecule has 0 N–H and O–H groups in total. The Morgan fingerprint density at radius 2 is 1.78 bits per heavy atom. The van der Waals surface area contributed by atoms with Crippen molar-refractivity contribution < 1.29 is 14.3 Å². The summed E-state index contributed by atoms with van der Waals surface area (Å²) in [5.41, 5.74) is 1.06. The van der Waals surface area contributed by atoms with Crippen LogP contribution in [0.4, 0.5) is 0 Å². The first kappa shape index (κ1) is 20.6. The first-order chi connectivity index (χ1) is 12.7. The second kappa shape index (κ2) is 8.79. The van der Waals surface area contributed by atoms with Crippen molar-refractivity contribution in [3.8, 4) is 5.82 Å². The van der Waals surface area contributed by atoms with Gasteiger partial charge in [0.2, 0.25) is 0 Å². The fourth-order valence-electron chi connectivity index (χ4n) is 3.18. The molecule has 0 aliphatic heterocycles. The van der Waals surface area contributed by atoms with E-state index < -0.39 is 5.97 Å². The molecule has 0 aliphatic carbocycles. The van der Waals surface area contributed by atoms with Crippen LogP contribution in [0.3, 0.4) is 0 Å². The molecule has 0 saturated carbocycles. The van der Waals surface area contributed by atoms with Crippen LogP contribution in [0.25, 0.3) is 5.82 Å². The van der Waals surface area contributed by atoms with E-state index in [1.807, 2.05) is 59.7 Å². The number of ether oxygens (including phenoxy) is 1. The number of aromatic nitrogens is 3. The minimum Gasteiger partial charge on any atom is -0.452 e. The highest BCUT2D eigenvalue weighted by atomic mass is 16.5. The van der Waals surface area contributed by atoms with Crippen LogP contribution >= 0.6 is 0 Å². The molecule has 0 atom stereocenters. The molecule has 0 unspecified atom stereocenters. The van der Waals surface area contributed by atoms with Gasteiger partial charge in [0.25, 0.3) is 5.91 Å². The Balaban J connectivity index is 2.20. The van der Waals surface area contributed by atoms with Crippen molar-refractivity contribution in [2.75, 3.05) is 6.61 Å². The Morgan fingerprint density at radius 3 is 2.30 bits per heavy atom. The monoisotopic (exact) mass is 372 g/mol. The van der Waals surface area contributed by atoms with Crippen LogP contribution in [0.15, 0.2) is 30.6 Å². The zero-order valence-corrected chi connectivity index (χ0v) is 16.8. The summed E-state index contributed by atoms with van der Waals surface area (Å²) < 4.78 is 6.94. The Kier molecular flexibility index (Phi) is 6.71. The van der Waals surface area contributed by atoms with Gasteiger partial charge < -0.3 is 9.64 Å². The number of esters is 1. The number of carbonyl (C=O) groups is 2. The molecule has 0 bridgehead atoms. The summed E-state index contributed by atoms with van der Waals surface area (Å²) in [7, 11) is 0. The Morgan fingerprint density at radius 1 is 1.11 bits per heavy atom. The molecule has 0 saturated heterocycles. The molecule has 2 heterocycles. The first-order valence-electron chi connectivity index (χ1n) is 9.21. The Hall–Kier alpha value is -2.70. The van der Waals surface area contributed by atoms with Crippen LogP contribution in [0.2, 0.25) is 0 Å². The summed E-state index contributed by atoms with van der Waals surface area (Å²) in [4.78, 5) is 31.0. The third kappa shape index (κ3) is 4.72. The SMILES string of the molecule is CC(C)c1c(C(=O)OCC(=O)N(C(C)C)C(C)C)cnn1-c1ccccn1. The third-order valence-corrected chi connectivity index (χ3v) is 4.17. The second-order valence-electron chi connectivity index (χ2n) is 7.26. The highest BCUT2D eigenvalue weighted by Gasteiger charge is 2.25. The van der Waals surface area contributed by atoms with Crippen molar-refractivity contribution in [2.45, 2.75) is 59.5 Å². The molecule has 0 radical (unpaired) electrons. The molecular weight excluding hydrogens is 344 g/mol. The van der Waals surface area contributed by atoms with E-state index in [1.165, 1.54) is 6.20 Å². The molecule has 1 amide bonds. The van der Waals surface area contributed by atoms with E-state index in [4.69, 9.17) is 4.74 Å². The minimum atomic E-state index is -0.554. The van der Waals surface area contributed by atoms with E-state index in [0.717, 1.165) is 0 Å². The molecule has 2 aromatic heterocycles. The van der Waals surface area contributed by atoms with Crippen LogP contribution < -0.4 is 0 Å². The zero-order valence-electron chi connectivity index (χ0n) is 16.8. The van der Waals surface area contributed by atoms with Crippen molar-refractivity contribution in [1.29, 1.82) is 0 Å². The van der Waals surface area contributed by atoms with Gasteiger partial charge in [0, 0.05) is 18.3 Å². The van der Waals surface area contributed by atoms with Crippen LogP contribution in [0, 0.1) is 0 Å². The van der Waals surface area contributed by atoms with Gasteiger partial charge in [-0.2, -0.15) is 5.10 Å². The largest absolute Gasteiger partial charge is 0.452 e. The van der Waals surface area contributed by atoms with Crippen LogP contribution in [0.5, 0.6) is 0 Å². The van der Waals surface area contributed by atoms with Crippen molar-refractivity contribution in [3.63, 3.8) is 0 Å². The average Bonchev–Trinajstić information content (AvgIpc) is 3.05. The quantitative estimate of drug-likeness (QED) is 0.698. The van der Waals surface area contributed by atoms with Gasteiger partial charge in [-0.1, -0.05) is 19.9 Å². The van der Waals surface area contributed by atoms with E-state index in [-0.39, 0.29) is 30.5 Å². The molecule has 7 nitrogen and oxygen atoms in total. The number of pyridine rings is 1. The molecule has 0 aromatic carbocycles. The topological polar surface area (TPSA) is 77.3 Å². The molecule has 0 aliphatic rings. The summed E-state index contributed by atoms with van der Waals surface area (Å²) in [5, 5.41) is 4.31. The Labute approximate surface area is 160 Å². The lowest BCUT2D eigenvalue weighted by molar-refractivity contribution is -0.138. The van der Waals surface area contributed by atoms with Crippen LogP contribution in [0.1, 0.15) is 63.5 Å². The smallest absolute Gasteiger partial charge is 0.342 e. The number of hydrogen-bond donors (Lipinski definition) is 0. The van der Waals surface area contributed by atoms with Gasteiger partial charge in [-0.3, -0.25) is 4.79 Å². The minimum absolute atomic E-state index is 0.0237. The van der Waals surface area contributed by atoms with Crippen LogP contribution in [-0.4, -0.2) is 50.2 Å². The van der Waals surface area contributed by atoms with Crippen LogP contribution in [-0.2, 0) is 9.53 Å². The number of rotatable bonds is 7. The second-order valence-corrected chi connectivity index (χ2v) is 7.26. The predicted molar refractivity (Wildman–Crippen MR) is 103 cm³/mol. The zero-order chi connectivity index (χ0) is 20.1. The molecule has 7 heteroatoms. The van der Waals surface area contributed by atoms with E-state index in [1.54, 1.807) is 15.8 Å². The van der Waals surface area contributed by atoms with Gasteiger partial charge in [0.15, 0.2) is 12.4 Å². The van der Waals surface area contributed by atoms with Gasteiger partial charge in [0.1, 0.15) is 5.56 Å². The van der Waals surface area contributed by atoms with E-state index in [0.29, 0.717) is 17.1 Å². The maximum Gasteiger partial charge on any atom is 0.342 e. The number of nitrogens with zero attached hydrogens (tertiary/aromatic N) is 4. The van der Waals surface area contributed by atoms with Crippen molar-refractivity contribution >= 4 is 11.9 Å². The lowest BCUT2D eigenvalue weighted by atomic mass is 10.1. The molecule has 0 spiro atoms. The van der Waals surface area contributed by atoms with Gasteiger partial charge in [-0.25, -0.2) is 14.5 Å². The van der Waals surface area contributed by atoms with E-state index in [2.05, 4.69) is 10.1 Å². The molecular formula is C20H28N4O3. The van der Waals surface area contributed by atoms with Gasteiger partial charge in [-0.15, -0.1) is 0 Å². The van der Waals surface area contributed by atoms with Gasteiger partial charge in [-0.05, 0) is 45.7 Å². The van der Waals surface area contributed by atoms with Gasteiger partial charge in [0.05, 0.1) is 11.9 Å². The molecule has 0 fully saturated rings. The van der Waals surface area contributed by atoms with Gasteiger partial charge >= 0.3 is 5.97 Å². The summed E-state index contributed by atoms with van der Waals surface area (Å²) >= 11 is 0. The lowest BCUT2D eigenvalue weighted by Gasteiger charge is -2.30. The van der Waals surface area contributed by atoms with Crippen molar-refractivity contribution in [3.05, 3.63) is 41.9 Å². The summed E-state index contributed by atoms with van der Waals surface area (Å²) in [6.45, 7) is 11.4. The van der Waals surface area contributed by atoms with E-state index >= 15 is 0 Å². The highest BCUT2D eigenvalue weighted by molar-refractivity contribution is 5.92. The molecule has 27 heavy (non-hydrogen) atoms.